The molecule has 0 bridgehead atoms. The number of aromatic amines is 1. The minimum atomic E-state index is -0.111. The highest BCUT2D eigenvalue weighted by Gasteiger charge is 2.21. The van der Waals surface area contributed by atoms with Crippen LogP contribution in [-0.4, -0.2) is 14.5 Å². The molecule has 0 saturated carbocycles. The summed E-state index contributed by atoms with van der Waals surface area (Å²) in [6.45, 7) is 4.16. The SMILES string of the molecule is Cc1cc(C)cc(-c2cn3c(=O)c(Cc4ccco4)nc-3c(Cc3ccccc3)[nH]2)c1. The summed E-state index contributed by atoms with van der Waals surface area (Å²) >= 11 is 0. The van der Waals surface area contributed by atoms with Gasteiger partial charge in [0.2, 0.25) is 0 Å². The second-order valence-corrected chi connectivity index (χ2v) is 8.00. The van der Waals surface area contributed by atoms with E-state index in [1.807, 2.05) is 36.5 Å². The third-order valence-corrected chi connectivity index (χ3v) is 5.43. The van der Waals surface area contributed by atoms with Gasteiger partial charge in [0.1, 0.15) is 11.5 Å². The second kappa shape index (κ2) is 7.76. The molecule has 2 aliphatic rings. The second-order valence-electron chi connectivity index (χ2n) is 8.00. The average Bonchev–Trinajstić information content (AvgIpc) is 3.37. The van der Waals surface area contributed by atoms with E-state index in [-0.39, 0.29) is 5.56 Å². The molecule has 3 heterocycles. The van der Waals surface area contributed by atoms with Gasteiger partial charge in [0.15, 0.2) is 5.82 Å². The number of aromatic nitrogens is 3. The van der Waals surface area contributed by atoms with Gasteiger partial charge in [-0.05, 0) is 49.2 Å². The Morgan fingerprint density at radius 1 is 0.968 bits per heavy atom. The first-order chi connectivity index (χ1) is 15.1. The summed E-state index contributed by atoms with van der Waals surface area (Å²) in [6.07, 6.45) is 4.50. The van der Waals surface area contributed by atoms with Crippen LogP contribution in [0.2, 0.25) is 0 Å². The van der Waals surface area contributed by atoms with Crippen LogP contribution in [0, 0.1) is 13.8 Å². The van der Waals surface area contributed by atoms with Gasteiger partial charge in [0, 0.05) is 12.6 Å². The van der Waals surface area contributed by atoms with Crippen molar-refractivity contribution in [3.8, 4) is 17.1 Å². The quantitative estimate of drug-likeness (QED) is 0.441. The van der Waals surface area contributed by atoms with E-state index < -0.39 is 0 Å². The summed E-state index contributed by atoms with van der Waals surface area (Å²) in [7, 11) is 0. The number of benzene rings is 2. The normalized spacial score (nSPS) is 11.3. The van der Waals surface area contributed by atoms with E-state index in [1.165, 1.54) is 11.1 Å². The van der Waals surface area contributed by atoms with E-state index in [1.54, 1.807) is 10.8 Å². The lowest BCUT2D eigenvalue weighted by molar-refractivity contribution is 0.519. The topological polar surface area (TPSA) is 63.8 Å². The number of nitrogens with one attached hydrogen (secondary N) is 1. The van der Waals surface area contributed by atoms with Crippen LogP contribution in [0.15, 0.2) is 82.3 Å². The highest BCUT2D eigenvalue weighted by Crippen LogP contribution is 2.25. The van der Waals surface area contributed by atoms with E-state index in [9.17, 15) is 4.79 Å². The Morgan fingerprint density at radius 3 is 2.45 bits per heavy atom. The molecule has 5 nitrogen and oxygen atoms in total. The number of furan rings is 1. The molecule has 31 heavy (non-hydrogen) atoms. The Bertz CT molecular complexity index is 1340. The van der Waals surface area contributed by atoms with Crippen molar-refractivity contribution in [2.24, 2.45) is 0 Å². The predicted octanol–water partition coefficient (Wildman–Crippen LogP) is 5.06. The first-order valence-corrected chi connectivity index (χ1v) is 10.3. The van der Waals surface area contributed by atoms with E-state index in [0.717, 1.165) is 28.3 Å². The van der Waals surface area contributed by atoms with Gasteiger partial charge < -0.3 is 9.40 Å². The van der Waals surface area contributed by atoms with Gasteiger partial charge >= 0.3 is 0 Å². The zero-order chi connectivity index (χ0) is 21.4. The van der Waals surface area contributed by atoms with Gasteiger partial charge in [0.25, 0.3) is 5.56 Å². The molecule has 0 saturated heterocycles. The maximum atomic E-state index is 13.2. The Kier molecular flexibility index (Phi) is 4.79. The predicted molar refractivity (Wildman–Crippen MR) is 121 cm³/mol. The number of hydrogen-bond acceptors (Lipinski definition) is 3. The van der Waals surface area contributed by atoms with Gasteiger partial charge in [-0.25, -0.2) is 4.98 Å². The lowest BCUT2D eigenvalue weighted by Crippen LogP contribution is -2.17. The van der Waals surface area contributed by atoms with Crippen LogP contribution < -0.4 is 5.56 Å². The van der Waals surface area contributed by atoms with E-state index >= 15 is 0 Å². The summed E-state index contributed by atoms with van der Waals surface area (Å²) in [6, 6.07) is 20.3. The molecule has 2 aromatic carbocycles. The molecule has 3 aromatic rings. The summed E-state index contributed by atoms with van der Waals surface area (Å²) in [5.41, 5.74) is 6.74. The largest absolute Gasteiger partial charge is 0.469 e. The van der Waals surface area contributed by atoms with Crippen LogP contribution in [0.3, 0.4) is 0 Å². The number of hydrogen-bond donors (Lipinski definition) is 1. The number of rotatable bonds is 5. The molecular formula is C26H23N3O2. The van der Waals surface area contributed by atoms with Crippen LogP contribution in [0.1, 0.15) is 33.8 Å². The number of imidazole rings is 1. The van der Waals surface area contributed by atoms with E-state index in [2.05, 4.69) is 49.2 Å². The van der Waals surface area contributed by atoms with Crippen molar-refractivity contribution < 1.29 is 4.42 Å². The monoisotopic (exact) mass is 409 g/mol. The zero-order valence-electron chi connectivity index (χ0n) is 17.6. The number of aryl methyl sites for hydroxylation is 2. The van der Waals surface area contributed by atoms with Crippen LogP contribution >= 0.6 is 0 Å². The smallest absolute Gasteiger partial charge is 0.278 e. The molecule has 0 unspecified atom stereocenters. The molecule has 5 heteroatoms. The number of H-pyrrole nitrogens is 1. The minimum absolute atomic E-state index is 0.111. The third kappa shape index (κ3) is 3.82. The molecule has 2 aliphatic heterocycles. The maximum absolute atomic E-state index is 13.2. The van der Waals surface area contributed by atoms with Crippen molar-refractivity contribution in [3.05, 3.63) is 117 Å². The fourth-order valence-corrected chi connectivity index (χ4v) is 4.07. The van der Waals surface area contributed by atoms with Crippen molar-refractivity contribution in [3.63, 3.8) is 0 Å². The molecule has 0 spiro atoms. The zero-order valence-corrected chi connectivity index (χ0v) is 17.6. The maximum Gasteiger partial charge on any atom is 0.278 e. The number of nitrogens with zero attached hydrogens (tertiary/aromatic N) is 2. The summed E-state index contributed by atoms with van der Waals surface area (Å²) in [5, 5.41) is 0. The van der Waals surface area contributed by atoms with Crippen molar-refractivity contribution in [2.75, 3.05) is 0 Å². The lowest BCUT2D eigenvalue weighted by atomic mass is 10.0. The lowest BCUT2D eigenvalue weighted by Gasteiger charge is -2.14. The molecular weight excluding hydrogens is 386 g/mol. The Balaban J connectivity index is 1.68. The Morgan fingerprint density at radius 2 is 1.74 bits per heavy atom. The third-order valence-electron chi connectivity index (χ3n) is 5.43. The molecule has 1 aromatic heterocycles. The van der Waals surface area contributed by atoms with Gasteiger partial charge in [-0.3, -0.25) is 9.36 Å². The fourth-order valence-electron chi connectivity index (χ4n) is 4.07. The molecule has 0 amide bonds. The van der Waals surface area contributed by atoms with Gasteiger partial charge in [-0.15, -0.1) is 0 Å². The van der Waals surface area contributed by atoms with Gasteiger partial charge in [-0.2, -0.15) is 0 Å². The number of fused-ring (bicyclic) bond motifs is 1. The fraction of sp³-hybridized carbons (Fsp3) is 0.154. The molecule has 0 fully saturated rings. The minimum Gasteiger partial charge on any atom is -0.469 e. The van der Waals surface area contributed by atoms with Crippen molar-refractivity contribution in [2.45, 2.75) is 26.7 Å². The summed E-state index contributed by atoms with van der Waals surface area (Å²) in [5.74, 6) is 1.38. The summed E-state index contributed by atoms with van der Waals surface area (Å²) < 4.78 is 7.10. The first-order valence-electron chi connectivity index (χ1n) is 10.3. The molecule has 1 N–H and O–H groups in total. The van der Waals surface area contributed by atoms with Crippen LogP contribution in [-0.2, 0) is 12.8 Å². The Hall–Kier alpha value is -3.86. The van der Waals surface area contributed by atoms with Crippen molar-refractivity contribution >= 4 is 0 Å². The Labute approximate surface area is 180 Å². The van der Waals surface area contributed by atoms with Crippen molar-refractivity contribution in [1.29, 1.82) is 0 Å². The molecule has 0 aliphatic carbocycles. The molecule has 0 radical (unpaired) electrons. The standard InChI is InChI=1S/C26H23N3O2/c1-17-11-18(2)13-20(12-17)24-16-29-25(22(27-24)14-19-7-4-3-5-8-19)28-23(26(29)30)15-21-9-6-10-31-21/h3-13,16,27H,14-15H2,1-2H3. The van der Waals surface area contributed by atoms with Gasteiger partial charge in [0.05, 0.1) is 24.1 Å². The van der Waals surface area contributed by atoms with E-state index in [4.69, 9.17) is 9.40 Å². The molecule has 154 valence electrons. The van der Waals surface area contributed by atoms with Crippen LogP contribution in [0.25, 0.3) is 17.1 Å². The average molecular weight is 409 g/mol. The highest BCUT2D eigenvalue weighted by molar-refractivity contribution is 5.62. The van der Waals surface area contributed by atoms with E-state index in [0.29, 0.717) is 24.4 Å². The van der Waals surface area contributed by atoms with Gasteiger partial charge in [-0.1, -0.05) is 47.5 Å². The first kappa shape index (κ1) is 19.1. The van der Waals surface area contributed by atoms with Crippen molar-refractivity contribution in [1.82, 2.24) is 14.5 Å². The molecule has 5 rings (SSSR count). The summed E-state index contributed by atoms with van der Waals surface area (Å²) in [4.78, 5) is 21.5. The molecule has 0 atom stereocenters. The van der Waals surface area contributed by atoms with Crippen LogP contribution in [0.5, 0.6) is 0 Å². The van der Waals surface area contributed by atoms with Crippen LogP contribution in [0.4, 0.5) is 0 Å². The highest BCUT2D eigenvalue weighted by atomic mass is 16.3.